The Balaban J connectivity index is 1.91. The number of benzene rings is 3. The van der Waals surface area contributed by atoms with Crippen molar-refractivity contribution < 1.29 is 4.74 Å². The van der Waals surface area contributed by atoms with E-state index in [-0.39, 0.29) is 0 Å². The van der Waals surface area contributed by atoms with Crippen molar-refractivity contribution in [3.63, 3.8) is 0 Å². The molecule has 0 amide bonds. The maximum absolute atomic E-state index is 6.00. The highest BCUT2D eigenvalue weighted by atomic mass is 16.5. The molecule has 0 heterocycles. The van der Waals surface area contributed by atoms with Crippen molar-refractivity contribution in [2.75, 3.05) is 6.61 Å². The van der Waals surface area contributed by atoms with Gasteiger partial charge < -0.3 is 4.74 Å². The molecule has 0 radical (unpaired) electrons. The molecular formula is C20H18O. The van der Waals surface area contributed by atoms with Crippen LogP contribution in [0, 0.1) is 0 Å². The number of ether oxygens (including phenoxy) is 1. The summed E-state index contributed by atoms with van der Waals surface area (Å²) in [6, 6.07) is 19.5. The maximum Gasteiger partial charge on any atom is 0.127 e. The van der Waals surface area contributed by atoms with E-state index in [1.165, 1.54) is 33.0 Å². The highest BCUT2D eigenvalue weighted by molar-refractivity contribution is 6.16. The second-order valence-corrected chi connectivity index (χ2v) is 5.59. The predicted octanol–water partition coefficient (Wildman–Crippen LogP) is 5.67. The van der Waals surface area contributed by atoms with Gasteiger partial charge in [-0.25, -0.2) is 0 Å². The first-order valence-electron chi connectivity index (χ1n) is 7.68. The van der Waals surface area contributed by atoms with Gasteiger partial charge >= 0.3 is 0 Å². The first-order chi connectivity index (χ1) is 10.4. The number of hydrogen-bond acceptors (Lipinski definition) is 1. The zero-order valence-electron chi connectivity index (χ0n) is 12.2. The smallest absolute Gasteiger partial charge is 0.127 e. The second-order valence-electron chi connectivity index (χ2n) is 5.59. The lowest BCUT2D eigenvalue weighted by Gasteiger charge is -2.10. The maximum atomic E-state index is 6.00. The predicted molar refractivity (Wildman–Crippen MR) is 88.8 cm³/mol. The topological polar surface area (TPSA) is 9.23 Å². The van der Waals surface area contributed by atoms with Crippen LogP contribution in [0.25, 0.3) is 33.0 Å². The minimum Gasteiger partial charge on any atom is -0.493 e. The molecule has 1 heteroatoms. The first kappa shape index (κ1) is 12.5. The molecule has 1 nitrogen and oxygen atoms in total. The molecule has 0 unspecified atom stereocenters. The van der Waals surface area contributed by atoms with Gasteiger partial charge in [-0.15, -0.1) is 0 Å². The Kier molecular flexibility index (Phi) is 2.92. The molecule has 4 rings (SSSR count). The molecule has 0 bridgehead atoms. The molecule has 0 saturated carbocycles. The van der Waals surface area contributed by atoms with E-state index in [4.69, 9.17) is 4.74 Å². The van der Waals surface area contributed by atoms with Gasteiger partial charge in [0.15, 0.2) is 0 Å². The molecule has 3 aromatic carbocycles. The Hall–Kier alpha value is -2.28. The van der Waals surface area contributed by atoms with Gasteiger partial charge in [-0.3, -0.25) is 0 Å². The molecule has 0 aliphatic heterocycles. The van der Waals surface area contributed by atoms with Crippen molar-refractivity contribution in [3.05, 3.63) is 54.6 Å². The van der Waals surface area contributed by atoms with Gasteiger partial charge in [-0.1, -0.05) is 61.9 Å². The highest BCUT2D eigenvalue weighted by Gasteiger charge is 2.21. The molecular weight excluding hydrogens is 256 g/mol. The fraction of sp³-hybridized carbons (Fsp3) is 0.200. The van der Waals surface area contributed by atoms with E-state index in [2.05, 4.69) is 61.5 Å². The van der Waals surface area contributed by atoms with Crippen molar-refractivity contribution >= 4 is 10.8 Å². The third-order valence-corrected chi connectivity index (χ3v) is 4.26. The van der Waals surface area contributed by atoms with Crippen LogP contribution < -0.4 is 4.74 Å². The second kappa shape index (κ2) is 4.92. The minimum atomic E-state index is 0.794. The minimum absolute atomic E-state index is 0.794. The number of fused-ring (bicyclic) bond motifs is 3. The number of rotatable bonds is 4. The summed E-state index contributed by atoms with van der Waals surface area (Å²) >= 11 is 0. The van der Waals surface area contributed by atoms with Gasteiger partial charge in [0.1, 0.15) is 5.75 Å². The van der Waals surface area contributed by atoms with Crippen LogP contribution in [0.15, 0.2) is 54.6 Å². The van der Waals surface area contributed by atoms with E-state index in [0.717, 1.165) is 25.2 Å². The molecule has 104 valence electrons. The lowest BCUT2D eigenvalue weighted by Crippen LogP contribution is -1.97. The normalized spacial score (nSPS) is 11.7. The molecule has 1 aliphatic rings. The van der Waals surface area contributed by atoms with Crippen LogP contribution in [0.1, 0.15) is 19.8 Å². The molecule has 3 aromatic rings. The summed E-state index contributed by atoms with van der Waals surface area (Å²) in [6.45, 7) is 2.98. The summed E-state index contributed by atoms with van der Waals surface area (Å²) in [5.41, 5.74) is 5.34. The zero-order valence-corrected chi connectivity index (χ0v) is 12.2. The molecule has 0 spiro atoms. The van der Waals surface area contributed by atoms with E-state index in [1.54, 1.807) is 0 Å². The zero-order chi connectivity index (χ0) is 14.2. The molecule has 1 aliphatic carbocycles. The third-order valence-electron chi connectivity index (χ3n) is 4.26. The number of unbranched alkanes of at least 4 members (excludes halogenated alkanes) is 1. The quantitative estimate of drug-likeness (QED) is 0.436. The van der Waals surface area contributed by atoms with Crippen LogP contribution in [0.4, 0.5) is 0 Å². The van der Waals surface area contributed by atoms with E-state index in [0.29, 0.717) is 0 Å². The molecule has 0 aromatic heterocycles. The van der Waals surface area contributed by atoms with Crippen LogP contribution in [0.2, 0.25) is 0 Å². The van der Waals surface area contributed by atoms with E-state index in [9.17, 15) is 0 Å². The summed E-state index contributed by atoms with van der Waals surface area (Å²) in [7, 11) is 0. The Labute approximate surface area is 125 Å². The van der Waals surface area contributed by atoms with Crippen LogP contribution >= 0.6 is 0 Å². The summed E-state index contributed by atoms with van der Waals surface area (Å²) in [6.07, 6.45) is 2.26. The van der Waals surface area contributed by atoms with Crippen LogP contribution in [0.5, 0.6) is 5.75 Å². The Morgan fingerprint density at radius 1 is 0.762 bits per heavy atom. The van der Waals surface area contributed by atoms with Gasteiger partial charge in [0, 0.05) is 10.8 Å². The summed E-state index contributed by atoms with van der Waals surface area (Å²) in [4.78, 5) is 0. The first-order valence-corrected chi connectivity index (χ1v) is 7.68. The van der Waals surface area contributed by atoms with Crippen molar-refractivity contribution in [1.29, 1.82) is 0 Å². The van der Waals surface area contributed by atoms with Crippen molar-refractivity contribution in [2.45, 2.75) is 19.8 Å². The van der Waals surface area contributed by atoms with Gasteiger partial charge in [0.2, 0.25) is 0 Å². The van der Waals surface area contributed by atoms with Gasteiger partial charge in [0.25, 0.3) is 0 Å². The molecule has 0 saturated heterocycles. The summed E-state index contributed by atoms with van der Waals surface area (Å²) < 4.78 is 6.00. The lowest BCUT2D eigenvalue weighted by molar-refractivity contribution is 0.313. The average Bonchev–Trinajstić information content (AvgIpc) is 2.86. The van der Waals surface area contributed by atoms with E-state index >= 15 is 0 Å². The third kappa shape index (κ3) is 1.84. The Morgan fingerprint density at radius 3 is 2.24 bits per heavy atom. The summed E-state index contributed by atoms with van der Waals surface area (Å²) in [5, 5.41) is 2.57. The van der Waals surface area contributed by atoms with Crippen molar-refractivity contribution in [2.24, 2.45) is 0 Å². The molecule has 0 N–H and O–H groups in total. The largest absolute Gasteiger partial charge is 0.493 e. The monoisotopic (exact) mass is 274 g/mol. The molecule has 0 fully saturated rings. The van der Waals surface area contributed by atoms with Crippen LogP contribution in [-0.2, 0) is 0 Å². The Bertz CT molecular complexity index is 788. The fourth-order valence-electron chi connectivity index (χ4n) is 3.23. The molecule has 21 heavy (non-hydrogen) atoms. The van der Waals surface area contributed by atoms with Crippen molar-refractivity contribution in [3.8, 4) is 28.0 Å². The summed E-state index contributed by atoms with van der Waals surface area (Å²) in [5.74, 6) is 1.01. The average molecular weight is 274 g/mol. The fourth-order valence-corrected chi connectivity index (χ4v) is 3.23. The van der Waals surface area contributed by atoms with Gasteiger partial charge in [-0.2, -0.15) is 0 Å². The lowest BCUT2D eigenvalue weighted by atomic mass is 10.0. The Morgan fingerprint density at radius 2 is 1.48 bits per heavy atom. The van der Waals surface area contributed by atoms with Gasteiger partial charge in [0.05, 0.1) is 6.61 Å². The van der Waals surface area contributed by atoms with Crippen molar-refractivity contribution in [1.82, 2.24) is 0 Å². The van der Waals surface area contributed by atoms with E-state index < -0.39 is 0 Å². The van der Waals surface area contributed by atoms with Gasteiger partial charge in [-0.05, 0) is 34.7 Å². The highest BCUT2D eigenvalue weighted by Crippen LogP contribution is 2.48. The number of hydrogen-bond donors (Lipinski definition) is 0. The van der Waals surface area contributed by atoms with Crippen LogP contribution in [-0.4, -0.2) is 6.61 Å². The SMILES string of the molecule is CCCCOc1ccc2c3c(cccc13)-c1ccccc1-2. The standard InChI is InChI=1S/C20H18O/c1-2-3-13-21-19-12-11-17-15-8-5-4-7-14(15)16-9-6-10-18(19)20(16)17/h4-12H,2-3,13H2,1H3. The molecule has 0 atom stereocenters. The van der Waals surface area contributed by atoms with Crippen LogP contribution in [0.3, 0.4) is 0 Å². The van der Waals surface area contributed by atoms with E-state index in [1.807, 2.05) is 0 Å².